The quantitative estimate of drug-likeness (QED) is 0.0164. The molecule has 0 aliphatic heterocycles. The van der Waals surface area contributed by atoms with Crippen LogP contribution in [0.15, 0.2) is 48.6 Å². The number of hydrogen-bond donors (Lipinski definition) is 9. The van der Waals surface area contributed by atoms with Crippen molar-refractivity contribution >= 4 is 13.7 Å². The molecular weight excluding hydrogens is 801 g/mol. The Morgan fingerprint density at radius 1 is 0.574 bits per heavy atom. The molecule has 1 fully saturated rings. The zero-order valence-corrected chi connectivity index (χ0v) is 38.5. The van der Waals surface area contributed by atoms with Gasteiger partial charge in [0, 0.05) is 0 Å². The summed E-state index contributed by atoms with van der Waals surface area (Å²) in [6.07, 6.45) is 29.5. The molecule has 356 valence electrons. The third-order valence-electron chi connectivity index (χ3n) is 11.1. The number of carbonyl (C=O) groups is 1. The Bertz CT molecular complexity index is 1230. The lowest BCUT2D eigenvalue weighted by atomic mass is 9.85. The maximum atomic E-state index is 12.9. The molecule has 1 amide bonds. The number of allylic oxidation sites excluding steroid dienone is 6. The smallest absolute Gasteiger partial charge is 0.389 e. The molecule has 1 saturated carbocycles. The minimum atomic E-state index is -5.16. The number of phosphoric ester groups is 1. The largest absolute Gasteiger partial charge is 0.472 e. The van der Waals surface area contributed by atoms with E-state index in [1.165, 1.54) is 128 Å². The Hall–Kier alpha value is -1.74. The number of hydrogen-bond acceptors (Lipinski definition) is 11. The van der Waals surface area contributed by atoms with Crippen molar-refractivity contribution in [2.45, 2.75) is 236 Å². The van der Waals surface area contributed by atoms with Crippen LogP contribution in [0.25, 0.3) is 0 Å². The van der Waals surface area contributed by atoms with Gasteiger partial charge in [-0.05, 0) is 44.9 Å². The van der Waals surface area contributed by atoms with E-state index >= 15 is 0 Å². The van der Waals surface area contributed by atoms with E-state index in [0.717, 1.165) is 32.1 Å². The second-order valence-electron chi connectivity index (χ2n) is 16.8. The lowest BCUT2D eigenvalue weighted by Crippen LogP contribution is -2.64. The number of unbranched alkanes of at least 4 members (excludes halogenated alkanes) is 21. The molecule has 0 spiro atoms. The number of carbonyl (C=O) groups excluding carboxylic acids is 1. The normalized spacial score (nSPS) is 23.6. The van der Waals surface area contributed by atoms with Gasteiger partial charge >= 0.3 is 7.82 Å². The highest BCUT2D eigenvalue weighted by molar-refractivity contribution is 7.47. The molecule has 8 unspecified atom stereocenters. The molecule has 0 aromatic carbocycles. The molecular formula is C47H86NO12P. The number of aliphatic hydroxyl groups is 7. The van der Waals surface area contributed by atoms with Gasteiger partial charge in [-0.1, -0.05) is 178 Å². The SMILES string of the molecule is CCCCCCCC/C=C\C/C=C\C(O)CC(=O)NC(COP(=O)(O)OC1C(O)C(O)C(O)C(O)C1O)C(O)/C=C/CC/C=C/CCCCCCCCCCCCCCCC. The molecule has 13 nitrogen and oxygen atoms in total. The minimum Gasteiger partial charge on any atom is -0.389 e. The first-order chi connectivity index (χ1) is 29.3. The van der Waals surface area contributed by atoms with Crippen molar-refractivity contribution in [3.63, 3.8) is 0 Å². The van der Waals surface area contributed by atoms with Crippen molar-refractivity contribution in [2.24, 2.45) is 0 Å². The molecule has 14 heteroatoms. The molecule has 8 atom stereocenters. The van der Waals surface area contributed by atoms with E-state index in [2.05, 4.69) is 37.4 Å². The third kappa shape index (κ3) is 28.6. The average molecular weight is 888 g/mol. The minimum absolute atomic E-state index is 0.360. The molecule has 1 rings (SSSR count). The van der Waals surface area contributed by atoms with Crippen LogP contribution < -0.4 is 5.32 Å². The van der Waals surface area contributed by atoms with E-state index in [4.69, 9.17) is 9.05 Å². The van der Waals surface area contributed by atoms with Crippen LogP contribution in [0.1, 0.15) is 181 Å². The van der Waals surface area contributed by atoms with Gasteiger partial charge in [-0.25, -0.2) is 4.57 Å². The summed E-state index contributed by atoms with van der Waals surface area (Å²) in [5.41, 5.74) is 0. The number of rotatable bonds is 38. The highest BCUT2D eigenvalue weighted by Crippen LogP contribution is 2.47. The van der Waals surface area contributed by atoms with E-state index in [9.17, 15) is 50.0 Å². The fraction of sp³-hybridized carbons (Fsp3) is 0.809. The highest BCUT2D eigenvalue weighted by atomic mass is 31.2. The Kier molecular flexibility index (Phi) is 34.3. The predicted molar refractivity (Wildman–Crippen MR) is 243 cm³/mol. The second-order valence-corrected chi connectivity index (χ2v) is 18.2. The lowest BCUT2D eigenvalue weighted by Gasteiger charge is -2.41. The number of phosphoric acid groups is 1. The van der Waals surface area contributed by atoms with Crippen molar-refractivity contribution in [3.05, 3.63) is 48.6 Å². The number of aliphatic hydroxyl groups excluding tert-OH is 7. The van der Waals surface area contributed by atoms with Crippen LogP contribution in [0.4, 0.5) is 0 Å². The summed E-state index contributed by atoms with van der Waals surface area (Å²) in [5, 5.41) is 74.2. The van der Waals surface area contributed by atoms with Crippen molar-refractivity contribution in [2.75, 3.05) is 6.61 Å². The van der Waals surface area contributed by atoms with Crippen molar-refractivity contribution in [1.82, 2.24) is 5.32 Å². The standard InChI is InChI=1S/C47H86NO12P/c1-3-5-7-9-11-13-15-16-17-18-19-20-21-22-23-25-27-29-31-33-35-40(50)39(37-59-61(57,58)60-47-45(55)43(53)42(52)44(54)46(47)56)48-41(51)36-38(49)34-32-30-28-26-24-14-12-10-8-6-4-2/h25-28,32-35,38-40,42-47,49-50,52-56H,3-24,29-31,36-37H2,1-2H3,(H,48,51)(H,57,58)/b27-25+,28-26-,34-32-,35-33+. The van der Waals surface area contributed by atoms with E-state index in [1.54, 1.807) is 12.2 Å². The van der Waals surface area contributed by atoms with Gasteiger partial charge in [0.25, 0.3) is 0 Å². The maximum Gasteiger partial charge on any atom is 0.472 e. The molecule has 0 radical (unpaired) electrons. The fourth-order valence-corrected chi connectivity index (χ4v) is 8.22. The Labute approximate surface area is 368 Å². The molecule has 0 aromatic heterocycles. The molecule has 9 N–H and O–H groups in total. The van der Waals surface area contributed by atoms with Crippen LogP contribution in [0, 0.1) is 0 Å². The summed E-state index contributed by atoms with van der Waals surface area (Å²) in [7, 11) is -5.16. The molecule has 0 bridgehead atoms. The van der Waals surface area contributed by atoms with Gasteiger partial charge in [0.2, 0.25) is 5.91 Å². The van der Waals surface area contributed by atoms with Crippen LogP contribution in [-0.2, 0) is 18.4 Å². The molecule has 1 aliphatic carbocycles. The van der Waals surface area contributed by atoms with Crippen LogP contribution in [0.5, 0.6) is 0 Å². The number of amides is 1. The predicted octanol–water partition coefficient (Wildman–Crippen LogP) is 7.92. The first-order valence-corrected chi connectivity index (χ1v) is 25.2. The van der Waals surface area contributed by atoms with Crippen LogP contribution >= 0.6 is 7.82 Å². The van der Waals surface area contributed by atoms with Crippen molar-refractivity contribution < 1.29 is 59.0 Å². The molecule has 1 aliphatic rings. The van der Waals surface area contributed by atoms with Gasteiger partial charge in [-0.3, -0.25) is 13.8 Å². The number of nitrogens with one attached hydrogen (secondary N) is 1. The second kappa shape index (κ2) is 36.6. The summed E-state index contributed by atoms with van der Waals surface area (Å²) < 4.78 is 22.8. The van der Waals surface area contributed by atoms with Gasteiger partial charge in [-0.2, -0.15) is 0 Å². The third-order valence-corrected chi connectivity index (χ3v) is 12.1. The fourth-order valence-electron chi connectivity index (χ4n) is 7.26. The van der Waals surface area contributed by atoms with Crippen LogP contribution in [-0.4, -0.2) is 108 Å². The van der Waals surface area contributed by atoms with Gasteiger partial charge in [0.15, 0.2) is 0 Å². The van der Waals surface area contributed by atoms with Gasteiger partial charge in [0.1, 0.15) is 36.6 Å². The lowest BCUT2D eigenvalue weighted by molar-refractivity contribution is -0.220. The van der Waals surface area contributed by atoms with Gasteiger partial charge < -0.3 is 46.0 Å². The monoisotopic (exact) mass is 888 g/mol. The van der Waals surface area contributed by atoms with E-state index in [1.807, 2.05) is 6.08 Å². The highest BCUT2D eigenvalue weighted by Gasteiger charge is 2.51. The summed E-state index contributed by atoms with van der Waals surface area (Å²) in [6.45, 7) is 3.68. The average Bonchev–Trinajstić information content (AvgIpc) is 3.23. The summed E-state index contributed by atoms with van der Waals surface area (Å²) >= 11 is 0. The summed E-state index contributed by atoms with van der Waals surface area (Å²) in [6, 6.07) is -1.29. The Morgan fingerprint density at radius 2 is 1.00 bits per heavy atom. The van der Waals surface area contributed by atoms with Crippen molar-refractivity contribution in [1.29, 1.82) is 0 Å². The zero-order valence-electron chi connectivity index (χ0n) is 37.6. The molecule has 0 heterocycles. The van der Waals surface area contributed by atoms with Crippen molar-refractivity contribution in [3.8, 4) is 0 Å². The Morgan fingerprint density at radius 3 is 1.51 bits per heavy atom. The van der Waals surface area contributed by atoms with Gasteiger partial charge in [0.05, 0.1) is 31.3 Å². The Balaban J connectivity index is 2.59. The van der Waals surface area contributed by atoms with Crippen LogP contribution in [0.3, 0.4) is 0 Å². The van der Waals surface area contributed by atoms with Crippen LogP contribution in [0.2, 0.25) is 0 Å². The van der Waals surface area contributed by atoms with E-state index in [-0.39, 0.29) is 6.42 Å². The molecule has 0 saturated heterocycles. The van der Waals surface area contributed by atoms with E-state index in [0.29, 0.717) is 12.8 Å². The summed E-state index contributed by atoms with van der Waals surface area (Å²) in [4.78, 5) is 23.4. The zero-order chi connectivity index (χ0) is 45.1. The first kappa shape index (κ1) is 57.3. The molecule has 0 aromatic rings. The maximum absolute atomic E-state index is 12.9. The first-order valence-electron chi connectivity index (χ1n) is 23.7. The van der Waals surface area contributed by atoms with Gasteiger partial charge in [-0.15, -0.1) is 0 Å². The topological polar surface area (TPSA) is 226 Å². The van der Waals surface area contributed by atoms with E-state index < -0.39 is 75.2 Å². The summed E-state index contributed by atoms with van der Waals surface area (Å²) in [5.74, 6) is -0.671. The molecule has 61 heavy (non-hydrogen) atoms.